The van der Waals surface area contributed by atoms with Crippen LogP contribution in [0.5, 0.6) is 5.75 Å². The van der Waals surface area contributed by atoms with Gasteiger partial charge in [-0.15, -0.1) is 10.2 Å². The Balaban J connectivity index is 1.60. The second kappa shape index (κ2) is 7.85. The lowest BCUT2D eigenvalue weighted by Crippen LogP contribution is -2.04. The lowest BCUT2D eigenvalue weighted by molar-refractivity contribution is 0.290. The van der Waals surface area contributed by atoms with E-state index >= 15 is 0 Å². The highest BCUT2D eigenvalue weighted by atomic mass is 79.9. The number of aromatic nitrogens is 3. The molecule has 0 atom stereocenters. The van der Waals surface area contributed by atoms with E-state index in [4.69, 9.17) is 4.74 Å². The summed E-state index contributed by atoms with van der Waals surface area (Å²) in [6.07, 6.45) is 0. The summed E-state index contributed by atoms with van der Waals surface area (Å²) in [6, 6.07) is 16.3. The highest BCUT2D eigenvalue weighted by Gasteiger charge is 2.10. The maximum atomic E-state index is 5.77. The number of rotatable bonds is 6. The molecule has 24 heavy (non-hydrogen) atoms. The van der Waals surface area contributed by atoms with Crippen LogP contribution in [0.1, 0.15) is 17.0 Å². The van der Waals surface area contributed by atoms with Crippen molar-refractivity contribution in [2.45, 2.75) is 24.4 Å². The molecule has 0 spiro atoms. The van der Waals surface area contributed by atoms with E-state index in [2.05, 4.69) is 57.3 Å². The third-order valence-electron chi connectivity index (χ3n) is 3.56. The number of thioether (sulfide) groups is 1. The van der Waals surface area contributed by atoms with Crippen LogP contribution < -0.4 is 4.74 Å². The van der Waals surface area contributed by atoms with Gasteiger partial charge in [0.1, 0.15) is 12.4 Å². The number of hydrogen-bond acceptors (Lipinski definition) is 4. The monoisotopic (exact) mass is 403 g/mol. The number of ether oxygens (including phenoxy) is 1. The predicted octanol–water partition coefficient (Wildman–Crippen LogP) is 4.76. The molecule has 1 heterocycles. The summed E-state index contributed by atoms with van der Waals surface area (Å²) in [5, 5.41) is 9.40. The molecule has 0 bridgehead atoms. The molecule has 0 aliphatic carbocycles. The number of benzene rings is 2. The normalized spacial score (nSPS) is 10.8. The summed E-state index contributed by atoms with van der Waals surface area (Å²) in [7, 11) is 1.97. The average Bonchev–Trinajstić information content (AvgIpc) is 2.93. The van der Waals surface area contributed by atoms with Crippen LogP contribution >= 0.6 is 27.7 Å². The number of aryl methyl sites for hydroxylation is 1. The second-order valence-electron chi connectivity index (χ2n) is 5.48. The number of nitrogens with zero attached hydrogens (tertiary/aromatic N) is 3. The van der Waals surface area contributed by atoms with Crippen molar-refractivity contribution in [3.05, 3.63) is 70.0 Å². The molecule has 1 aromatic heterocycles. The molecule has 0 fully saturated rings. The number of halogens is 1. The summed E-state index contributed by atoms with van der Waals surface area (Å²) < 4.78 is 8.78. The highest BCUT2D eigenvalue weighted by molar-refractivity contribution is 9.10. The van der Waals surface area contributed by atoms with Gasteiger partial charge < -0.3 is 9.30 Å². The van der Waals surface area contributed by atoms with Crippen molar-refractivity contribution in [3.8, 4) is 5.75 Å². The van der Waals surface area contributed by atoms with Gasteiger partial charge in [-0.25, -0.2) is 0 Å². The van der Waals surface area contributed by atoms with Gasteiger partial charge in [-0.05, 0) is 36.8 Å². The second-order valence-corrected chi connectivity index (χ2v) is 7.34. The van der Waals surface area contributed by atoms with Gasteiger partial charge in [-0.2, -0.15) is 0 Å². The summed E-state index contributed by atoms with van der Waals surface area (Å²) >= 11 is 5.09. The molecule has 3 aromatic rings. The molecule has 0 amide bonds. The fraction of sp³-hybridized carbons (Fsp3) is 0.222. The molecule has 0 radical (unpaired) electrons. The molecule has 6 heteroatoms. The van der Waals surface area contributed by atoms with Crippen molar-refractivity contribution < 1.29 is 4.74 Å². The minimum absolute atomic E-state index is 0.399. The predicted molar refractivity (Wildman–Crippen MR) is 100 cm³/mol. The molecule has 124 valence electrons. The first-order valence-corrected chi connectivity index (χ1v) is 9.34. The van der Waals surface area contributed by atoms with Crippen LogP contribution in [-0.4, -0.2) is 14.8 Å². The van der Waals surface area contributed by atoms with E-state index in [1.165, 1.54) is 11.1 Å². The Hall–Kier alpha value is -1.79. The van der Waals surface area contributed by atoms with Crippen molar-refractivity contribution in [2.75, 3.05) is 0 Å². The summed E-state index contributed by atoms with van der Waals surface area (Å²) in [6.45, 7) is 2.50. The third-order valence-corrected chi connectivity index (χ3v) is 5.18. The van der Waals surface area contributed by atoms with Gasteiger partial charge in [0.05, 0.1) is 0 Å². The quantitative estimate of drug-likeness (QED) is 0.556. The molecular formula is C18H18BrN3OS. The fourth-order valence-electron chi connectivity index (χ4n) is 2.22. The van der Waals surface area contributed by atoms with E-state index in [9.17, 15) is 0 Å². The zero-order chi connectivity index (χ0) is 16.9. The minimum atomic E-state index is 0.399. The molecule has 0 aliphatic rings. The van der Waals surface area contributed by atoms with Gasteiger partial charge >= 0.3 is 0 Å². The molecular weight excluding hydrogens is 386 g/mol. The van der Waals surface area contributed by atoms with Crippen LogP contribution in [-0.2, 0) is 19.4 Å². The molecule has 0 aliphatic heterocycles. The zero-order valence-corrected chi connectivity index (χ0v) is 16.0. The summed E-state index contributed by atoms with van der Waals surface area (Å²) in [5.41, 5.74) is 2.56. The van der Waals surface area contributed by atoms with Crippen LogP contribution in [0.4, 0.5) is 0 Å². The van der Waals surface area contributed by atoms with Crippen LogP contribution in [0.3, 0.4) is 0 Å². The Morgan fingerprint density at radius 2 is 1.92 bits per heavy atom. The molecule has 0 unspecified atom stereocenters. The highest BCUT2D eigenvalue weighted by Crippen LogP contribution is 2.22. The lowest BCUT2D eigenvalue weighted by atomic mass is 10.2. The Morgan fingerprint density at radius 1 is 1.12 bits per heavy atom. The molecule has 3 rings (SSSR count). The zero-order valence-electron chi connectivity index (χ0n) is 13.6. The maximum Gasteiger partial charge on any atom is 0.191 e. The Bertz CT molecular complexity index is 817. The minimum Gasteiger partial charge on any atom is -0.486 e. The average molecular weight is 404 g/mol. The first-order valence-electron chi connectivity index (χ1n) is 7.57. The van der Waals surface area contributed by atoms with Crippen molar-refractivity contribution in [1.29, 1.82) is 0 Å². The topological polar surface area (TPSA) is 39.9 Å². The van der Waals surface area contributed by atoms with Gasteiger partial charge in [0, 0.05) is 17.3 Å². The van der Waals surface area contributed by atoms with Crippen molar-refractivity contribution >= 4 is 27.7 Å². The SMILES string of the molecule is Cc1cccc(CSc2nnc(COc3ccc(Br)cc3)n2C)c1. The molecule has 0 N–H and O–H groups in total. The number of hydrogen-bond donors (Lipinski definition) is 0. The fourth-order valence-corrected chi connectivity index (χ4v) is 3.36. The van der Waals surface area contributed by atoms with Crippen molar-refractivity contribution in [3.63, 3.8) is 0 Å². The summed E-state index contributed by atoms with van der Waals surface area (Å²) in [4.78, 5) is 0. The van der Waals surface area contributed by atoms with E-state index in [0.717, 1.165) is 27.0 Å². The largest absolute Gasteiger partial charge is 0.486 e. The van der Waals surface area contributed by atoms with Crippen molar-refractivity contribution in [2.24, 2.45) is 7.05 Å². The smallest absolute Gasteiger partial charge is 0.191 e. The molecule has 0 saturated carbocycles. The van der Waals surface area contributed by atoms with Gasteiger partial charge in [0.2, 0.25) is 0 Å². The van der Waals surface area contributed by atoms with Gasteiger partial charge in [0.15, 0.2) is 11.0 Å². The maximum absolute atomic E-state index is 5.77. The van der Waals surface area contributed by atoms with E-state index in [1.54, 1.807) is 11.8 Å². The molecule has 2 aromatic carbocycles. The van der Waals surface area contributed by atoms with E-state index < -0.39 is 0 Å². The standard InChI is InChI=1S/C18H18BrN3OS/c1-13-4-3-5-14(10-13)12-24-18-21-20-17(22(18)2)11-23-16-8-6-15(19)7-9-16/h3-10H,11-12H2,1-2H3. The Morgan fingerprint density at radius 3 is 2.67 bits per heavy atom. The molecule has 0 saturated heterocycles. The van der Waals surface area contributed by atoms with Crippen LogP contribution in [0.2, 0.25) is 0 Å². The van der Waals surface area contributed by atoms with Gasteiger partial charge in [0.25, 0.3) is 0 Å². The summed E-state index contributed by atoms with van der Waals surface area (Å²) in [5.74, 6) is 2.50. The Labute approximate surface area is 154 Å². The molecule has 4 nitrogen and oxygen atoms in total. The third kappa shape index (κ3) is 4.39. The van der Waals surface area contributed by atoms with Crippen molar-refractivity contribution in [1.82, 2.24) is 14.8 Å². The van der Waals surface area contributed by atoms with E-state index in [-0.39, 0.29) is 0 Å². The van der Waals surface area contributed by atoms with Gasteiger partial charge in [-0.3, -0.25) is 0 Å². The van der Waals surface area contributed by atoms with Crippen LogP contribution in [0, 0.1) is 6.92 Å². The first-order chi connectivity index (χ1) is 11.6. The van der Waals surface area contributed by atoms with Crippen LogP contribution in [0.15, 0.2) is 58.2 Å². The lowest BCUT2D eigenvalue weighted by Gasteiger charge is -2.07. The Kier molecular flexibility index (Phi) is 5.58. The first kappa shape index (κ1) is 17.0. The van der Waals surface area contributed by atoms with E-state index in [0.29, 0.717) is 6.61 Å². The van der Waals surface area contributed by atoms with Crippen LogP contribution in [0.25, 0.3) is 0 Å². The van der Waals surface area contributed by atoms with Gasteiger partial charge in [-0.1, -0.05) is 57.5 Å². The van der Waals surface area contributed by atoms with E-state index in [1.807, 2.05) is 35.9 Å².